The Bertz CT molecular complexity index is 338. The Morgan fingerprint density at radius 3 is 2.24 bits per heavy atom. The largest absolute Gasteiger partial charge is 0.416 e. The van der Waals surface area contributed by atoms with Crippen molar-refractivity contribution in [3.63, 3.8) is 0 Å². The Morgan fingerprint density at radius 1 is 1.18 bits per heavy atom. The second-order valence-corrected chi connectivity index (χ2v) is 3.66. The van der Waals surface area contributed by atoms with E-state index in [2.05, 4.69) is 5.32 Å². The van der Waals surface area contributed by atoms with Gasteiger partial charge in [-0.3, -0.25) is 0 Å². The predicted molar refractivity (Wildman–Crippen MR) is 56.2 cm³/mol. The van der Waals surface area contributed by atoms with Gasteiger partial charge in [-0.2, -0.15) is 13.2 Å². The Morgan fingerprint density at radius 2 is 1.76 bits per heavy atom. The number of hydrogen-bond donors (Lipinski definition) is 3. The van der Waals surface area contributed by atoms with E-state index in [1.807, 2.05) is 0 Å². The summed E-state index contributed by atoms with van der Waals surface area (Å²) in [6, 6.07) is 4.78. The topological polar surface area (TPSA) is 52.5 Å². The minimum Gasteiger partial charge on any atom is -0.394 e. The summed E-state index contributed by atoms with van der Waals surface area (Å²) in [4.78, 5) is 0. The number of benzene rings is 1. The average Bonchev–Trinajstić information content (AvgIpc) is 2.28. The molecule has 3 nitrogen and oxygen atoms in total. The first-order valence-electron chi connectivity index (χ1n) is 5.09. The lowest BCUT2D eigenvalue weighted by Gasteiger charge is -2.10. The van der Waals surface area contributed by atoms with Gasteiger partial charge < -0.3 is 15.5 Å². The van der Waals surface area contributed by atoms with Gasteiger partial charge in [0.2, 0.25) is 0 Å². The van der Waals surface area contributed by atoms with Crippen LogP contribution in [0.4, 0.5) is 13.2 Å². The lowest BCUT2D eigenvalue weighted by atomic mass is 10.1. The van der Waals surface area contributed by atoms with Crippen molar-refractivity contribution in [2.45, 2.75) is 18.8 Å². The minimum absolute atomic E-state index is 0.192. The fourth-order valence-electron chi connectivity index (χ4n) is 1.26. The van der Waals surface area contributed by atoms with Gasteiger partial charge in [-0.1, -0.05) is 12.1 Å². The van der Waals surface area contributed by atoms with E-state index in [1.54, 1.807) is 0 Å². The summed E-state index contributed by atoms with van der Waals surface area (Å²) in [5.74, 6) is 0. The third-order valence-electron chi connectivity index (χ3n) is 2.20. The number of nitrogens with one attached hydrogen (secondary N) is 1. The molecule has 96 valence electrons. The smallest absolute Gasteiger partial charge is 0.394 e. The molecule has 1 atom stereocenters. The first-order chi connectivity index (χ1) is 7.93. The number of alkyl halides is 3. The monoisotopic (exact) mass is 249 g/mol. The van der Waals surface area contributed by atoms with Crippen LogP contribution in [-0.4, -0.2) is 29.5 Å². The second-order valence-electron chi connectivity index (χ2n) is 3.66. The summed E-state index contributed by atoms with van der Waals surface area (Å²) in [5.41, 5.74) is -0.000201. The first kappa shape index (κ1) is 14.0. The molecule has 0 aliphatic heterocycles. The molecule has 0 unspecified atom stereocenters. The molecule has 0 aromatic heterocycles. The van der Waals surface area contributed by atoms with Gasteiger partial charge in [0.25, 0.3) is 0 Å². The summed E-state index contributed by atoms with van der Waals surface area (Å²) >= 11 is 0. The molecule has 0 fully saturated rings. The van der Waals surface area contributed by atoms with Crippen molar-refractivity contribution in [1.82, 2.24) is 5.32 Å². The van der Waals surface area contributed by atoms with E-state index in [0.29, 0.717) is 12.1 Å². The van der Waals surface area contributed by atoms with Crippen molar-refractivity contribution in [3.05, 3.63) is 35.4 Å². The van der Waals surface area contributed by atoms with Gasteiger partial charge in [-0.15, -0.1) is 0 Å². The molecule has 0 spiro atoms. The fraction of sp³-hybridized carbons (Fsp3) is 0.455. The lowest BCUT2D eigenvalue weighted by Crippen LogP contribution is -2.28. The summed E-state index contributed by atoms with van der Waals surface area (Å²) in [5, 5.41) is 20.4. The number of aliphatic hydroxyl groups is 2. The van der Waals surface area contributed by atoms with Crippen molar-refractivity contribution in [2.24, 2.45) is 0 Å². The number of hydrogen-bond acceptors (Lipinski definition) is 3. The molecule has 1 rings (SSSR count). The maximum atomic E-state index is 12.2. The molecule has 0 radical (unpaired) electrons. The van der Waals surface area contributed by atoms with E-state index in [9.17, 15) is 13.2 Å². The van der Waals surface area contributed by atoms with Crippen molar-refractivity contribution in [2.75, 3.05) is 13.2 Å². The van der Waals surface area contributed by atoms with Crippen molar-refractivity contribution >= 4 is 0 Å². The molecule has 6 heteroatoms. The van der Waals surface area contributed by atoms with Gasteiger partial charge >= 0.3 is 6.18 Å². The first-order valence-corrected chi connectivity index (χ1v) is 5.09. The van der Waals surface area contributed by atoms with Crippen LogP contribution in [-0.2, 0) is 12.7 Å². The van der Waals surface area contributed by atoms with Crippen molar-refractivity contribution < 1.29 is 23.4 Å². The SMILES string of the molecule is OC[C@@H](O)CNCc1ccc(C(F)(F)F)cc1. The Labute approximate surface area is 96.9 Å². The van der Waals surface area contributed by atoms with Gasteiger partial charge in [-0.25, -0.2) is 0 Å². The summed E-state index contributed by atoms with van der Waals surface area (Å²) in [6.45, 7) is 0.187. The number of aliphatic hydroxyl groups excluding tert-OH is 2. The second kappa shape index (κ2) is 6.00. The van der Waals surface area contributed by atoms with Crippen LogP contribution in [0.1, 0.15) is 11.1 Å². The average molecular weight is 249 g/mol. The van der Waals surface area contributed by atoms with E-state index in [-0.39, 0.29) is 13.2 Å². The highest BCUT2D eigenvalue weighted by atomic mass is 19.4. The maximum Gasteiger partial charge on any atom is 0.416 e. The Hall–Kier alpha value is -1.11. The summed E-state index contributed by atoms with van der Waals surface area (Å²) in [6.07, 6.45) is -5.18. The van der Waals surface area contributed by atoms with Crippen LogP contribution in [0.5, 0.6) is 0 Å². The molecule has 1 aromatic carbocycles. The fourth-order valence-corrected chi connectivity index (χ4v) is 1.26. The molecule has 0 bridgehead atoms. The van der Waals surface area contributed by atoms with Crippen molar-refractivity contribution in [3.8, 4) is 0 Å². The van der Waals surface area contributed by atoms with Crippen LogP contribution in [0.3, 0.4) is 0 Å². The van der Waals surface area contributed by atoms with E-state index in [1.165, 1.54) is 12.1 Å². The van der Waals surface area contributed by atoms with Crippen LogP contribution in [0.15, 0.2) is 24.3 Å². The van der Waals surface area contributed by atoms with Gasteiger partial charge in [-0.05, 0) is 17.7 Å². The highest BCUT2D eigenvalue weighted by Crippen LogP contribution is 2.28. The molecule has 0 amide bonds. The predicted octanol–water partition coefficient (Wildman–Crippen LogP) is 1.15. The Kier molecular flexibility index (Phi) is 4.92. The minimum atomic E-state index is -4.32. The number of halogens is 3. The van der Waals surface area contributed by atoms with Crippen LogP contribution in [0.25, 0.3) is 0 Å². The molecular weight excluding hydrogens is 235 g/mol. The molecule has 0 saturated carbocycles. The highest BCUT2D eigenvalue weighted by Gasteiger charge is 2.29. The third kappa shape index (κ3) is 4.72. The molecule has 0 saturated heterocycles. The lowest BCUT2D eigenvalue weighted by molar-refractivity contribution is -0.137. The zero-order valence-corrected chi connectivity index (χ0v) is 9.04. The summed E-state index contributed by atoms with van der Waals surface area (Å²) in [7, 11) is 0. The Balaban J connectivity index is 2.46. The zero-order valence-electron chi connectivity index (χ0n) is 9.04. The molecular formula is C11H14F3NO2. The van der Waals surface area contributed by atoms with Gasteiger partial charge in [0.15, 0.2) is 0 Å². The normalized spacial score (nSPS) is 13.7. The van der Waals surface area contributed by atoms with Crippen molar-refractivity contribution in [1.29, 1.82) is 0 Å². The van der Waals surface area contributed by atoms with Crippen LogP contribution >= 0.6 is 0 Å². The molecule has 0 aliphatic carbocycles. The molecule has 0 heterocycles. The van der Waals surface area contributed by atoms with Crippen LogP contribution in [0, 0.1) is 0 Å². The molecule has 17 heavy (non-hydrogen) atoms. The van der Waals surface area contributed by atoms with Crippen LogP contribution < -0.4 is 5.32 Å². The van der Waals surface area contributed by atoms with E-state index in [0.717, 1.165) is 12.1 Å². The standard InChI is InChI=1S/C11H14F3NO2/c12-11(13,14)9-3-1-8(2-4-9)5-15-6-10(17)7-16/h1-4,10,15-17H,5-7H2/t10-/m0/s1. The maximum absolute atomic E-state index is 12.2. The molecule has 3 N–H and O–H groups in total. The number of rotatable bonds is 5. The summed E-state index contributed by atoms with van der Waals surface area (Å²) < 4.78 is 36.7. The van der Waals surface area contributed by atoms with E-state index >= 15 is 0 Å². The molecule has 1 aromatic rings. The van der Waals surface area contributed by atoms with Gasteiger partial charge in [0, 0.05) is 13.1 Å². The van der Waals surface area contributed by atoms with E-state index < -0.39 is 17.8 Å². The zero-order chi connectivity index (χ0) is 12.9. The van der Waals surface area contributed by atoms with Gasteiger partial charge in [0.05, 0.1) is 18.3 Å². The third-order valence-corrected chi connectivity index (χ3v) is 2.20. The molecule has 0 aliphatic rings. The van der Waals surface area contributed by atoms with Gasteiger partial charge in [0.1, 0.15) is 0 Å². The quantitative estimate of drug-likeness (QED) is 0.733. The van der Waals surface area contributed by atoms with E-state index in [4.69, 9.17) is 10.2 Å². The highest BCUT2D eigenvalue weighted by molar-refractivity contribution is 5.24. The van der Waals surface area contributed by atoms with Crippen LogP contribution in [0.2, 0.25) is 0 Å².